The van der Waals surface area contributed by atoms with E-state index in [0.29, 0.717) is 5.92 Å². The number of carbonyl (C=O) groups excluding carboxylic acids is 1. The monoisotopic (exact) mass is 236 g/mol. The number of rotatable bonds is 4. The van der Waals surface area contributed by atoms with Gasteiger partial charge in [0.2, 0.25) is 0 Å². The summed E-state index contributed by atoms with van der Waals surface area (Å²) in [4.78, 5) is 12.0. The highest BCUT2D eigenvalue weighted by atomic mass is 16.3. The van der Waals surface area contributed by atoms with Gasteiger partial charge in [-0.15, -0.1) is 0 Å². The summed E-state index contributed by atoms with van der Waals surface area (Å²) >= 11 is 0. The van der Waals surface area contributed by atoms with E-state index < -0.39 is 0 Å². The fraction of sp³-hybridized carbons (Fsp3) is 0.462. The van der Waals surface area contributed by atoms with Gasteiger partial charge in [-0.05, 0) is 24.5 Å². The number of nitrogens with one attached hydrogen (secondary N) is 1. The van der Waals surface area contributed by atoms with Gasteiger partial charge in [0.15, 0.2) is 5.75 Å². The summed E-state index contributed by atoms with van der Waals surface area (Å²) in [5.74, 6) is -0.0777. The van der Waals surface area contributed by atoms with Gasteiger partial charge in [0.1, 0.15) is 0 Å². The van der Waals surface area contributed by atoms with Crippen LogP contribution in [0, 0.1) is 5.92 Å². The number of nitrogen functional groups attached to an aromatic ring is 1. The predicted octanol–water partition coefficient (Wildman–Crippen LogP) is 2.14. The number of phenols is 1. The number of amides is 1. The minimum Gasteiger partial charge on any atom is -0.505 e. The molecule has 0 saturated carbocycles. The largest absolute Gasteiger partial charge is 0.505 e. The molecular weight excluding hydrogens is 216 g/mol. The van der Waals surface area contributed by atoms with Crippen LogP contribution in [0.2, 0.25) is 0 Å². The molecule has 4 N–H and O–H groups in total. The molecule has 0 aromatic heterocycles. The van der Waals surface area contributed by atoms with Gasteiger partial charge in [0.05, 0.1) is 11.3 Å². The van der Waals surface area contributed by atoms with Crippen molar-refractivity contribution < 1.29 is 9.90 Å². The normalized spacial score (nSPS) is 12.5. The van der Waals surface area contributed by atoms with Gasteiger partial charge >= 0.3 is 0 Å². The molecule has 1 atom stereocenters. The number of anilines is 1. The molecule has 4 nitrogen and oxygen atoms in total. The van der Waals surface area contributed by atoms with Gasteiger partial charge in [0.25, 0.3) is 5.91 Å². The molecule has 0 bridgehead atoms. The third kappa shape index (κ3) is 3.12. The van der Waals surface area contributed by atoms with Crippen molar-refractivity contribution in [2.45, 2.75) is 33.2 Å². The lowest BCUT2D eigenvalue weighted by Crippen LogP contribution is -2.38. The highest BCUT2D eigenvalue weighted by Gasteiger charge is 2.18. The summed E-state index contributed by atoms with van der Waals surface area (Å²) < 4.78 is 0. The van der Waals surface area contributed by atoms with Crippen molar-refractivity contribution in [2.75, 3.05) is 5.73 Å². The molecule has 1 aromatic rings. The Hall–Kier alpha value is -1.71. The molecule has 0 radical (unpaired) electrons. The van der Waals surface area contributed by atoms with E-state index in [2.05, 4.69) is 5.32 Å². The summed E-state index contributed by atoms with van der Waals surface area (Å²) in [5, 5.41) is 12.6. The van der Waals surface area contributed by atoms with Crippen molar-refractivity contribution >= 4 is 11.6 Å². The molecule has 17 heavy (non-hydrogen) atoms. The van der Waals surface area contributed by atoms with Gasteiger partial charge in [-0.2, -0.15) is 0 Å². The van der Waals surface area contributed by atoms with Gasteiger partial charge in [-0.3, -0.25) is 4.79 Å². The van der Waals surface area contributed by atoms with Crippen LogP contribution < -0.4 is 11.1 Å². The Morgan fingerprint density at radius 1 is 1.47 bits per heavy atom. The third-order valence-corrected chi connectivity index (χ3v) is 2.87. The Bertz CT molecular complexity index is 402. The smallest absolute Gasteiger partial charge is 0.255 e. The predicted molar refractivity (Wildman–Crippen MR) is 68.9 cm³/mol. The molecule has 0 aliphatic rings. The van der Waals surface area contributed by atoms with E-state index in [1.807, 2.05) is 20.8 Å². The molecule has 0 saturated heterocycles. The average Bonchev–Trinajstić information content (AvgIpc) is 2.28. The van der Waals surface area contributed by atoms with Gasteiger partial charge in [-0.1, -0.05) is 26.8 Å². The van der Waals surface area contributed by atoms with Crippen LogP contribution in [0.5, 0.6) is 5.75 Å². The quantitative estimate of drug-likeness (QED) is 0.554. The Labute approximate surface area is 102 Å². The van der Waals surface area contributed by atoms with E-state index in [4.69, 9.17) is 5.73 Å². The van der Waals surface area contributed by atoms with E-state index in [-0.39, 0.29) is 28.9 Å². The second kappa shape index (κ2) is 5.57. The first-order valence-corrected chi connectivity index (χ1v) is 5.85. The molecule has 0 aliphatic carbocycles. The van der Waals surface area contributed by atoms with Crippen LogP contribution >= 0.6 is 0 Å². The van der Waals surface area contributed by atoms with Crippen molar-refractivity contribution in [3.63, 3.8) is 0 Å². The van der Waals surface area contributed by atoms with Crippen LogP contribution in [0.25, 0.3) is 0 Å². The van der Waals surface area contributed by atoms with E-state index >= 15 is 0 Å². The van der Waals surface area contributed by atoms with Crippen molar-refractivity contribution in [3.8, 4) is 5.75 Å². The van der Waals surface area contributed by atoms with Crippen molar-refractivity contribution in [3.05, 3.63) is 23.8 Å². The topological polar surface area (TPSA) is 75.4 Å². The van der Waals surface area contributed by atoms with Crippen LogP contribution in [0.3, 0.4) is 0 Å². The molecular formula is C13H20N2O2. The third-order valence-electron chi connectivity index (χ3n) is 2.87. The highest BCUT2D eigenvalue weighted by Crippen LogP contribution is 2.24. The number of hydrogen-bond donors (Lipinski definition) is 3. The van der Waals surface area contributed by atoms with E-state index in [0.717, 1.165) is 6.42 Å². The Morgan fingerprint density at radius 3 is 2.65 bits per heavy atom. The second-order valence-corrected chi connectivity index (χ2v) is 4.48. The van der Waals surface area contributed by atoms with Gasteiger partial charge in [0, 0.05) is 6.04 Å². The van der Waals surface area contributed by atoms with Crippen molar-refractivity contribution in [2.24, 2.45) is 5.92 Å². The molecule has 4 heteroatoms. The van der Waals surface area contributed by atoms with E-state index in [1.165, 1.54) is 0 Å². The molecule has 0 heterocycles. The maximum Gasteiger partial charge on any atom is 0.255 e. The van der Waals surface area contributed by atoms with Crippen LogP contribution in [-0.2, 0) is 0 Å². The Kier molecular flexibility index (Phi) is 4.37. The van der Waals surface area contributed by atoms with Crippen LogP contribution in [0.15, 0.2) is 18.2 Å². The molecule has 1 unspecified atom stereocenters. The standard InChI is InChI=1S/C13H20N2O2/c1-4-11(8(2)3)15-13(17)9-6-5-7-10(14)12(9)16/h5-8,11,16H,4,14H2,1-3H3,(H,15,17). The molecule has 1 amide bonds. The lowest BCUT2D eigenvalue weighted by atomic mass is 10.0. The minimum atomic E-state index is -0.282. The summed E-state index contributed by atoms with van der Waals surface area (Å²) in [6.07, 6.45) is 0.854. The summed E-state index contributed by atoms with van der Waals surface area (Å²) in [6, 6.07) is 4.88. The van der Waals surface area contributed by atoms with Crippen molar-refractivity contribution in [1.29, 1.82) is 0 Å². The van der Waals surface area contributed by atoms with Gasteiger partial charge < -0.3 is 16.2 Å². The number of hydrogen-bond acceptors (Lipinski definition) is 3. The zero-order valence-corrected chi connectivity index (χ0v) is 10.5. The number of nitrogens with two attached hydrogens (primary N) is 1. The number of carbonyl (C=O) groups is 1. The summed E-state index contributed by atoms with van der Waals surface area (Å²) in [6.45, 7) is 6.12. The molecule has 0 fully saturated rings. The fourth-order valence-electron chi connectivity index (χ4n) is 1.73. The lowest BCUT2D eigenvalue weighted by Gasteiger charge is -2.21. The Morgan fingerprint density at radius 2 is 2.12 bits per heavy atom. The van der Waals surface area contributed by atoms with Crippen LogP contribution in [0.4, 0.5) is 5.69 Å². The molecule has 0 aliphatic heterocycles. The van der Waals surface area contributed by atoms with E-state index in [1.54, 1.807) is 18.2 Å². The summed E-state index contributed by atoms with van der Waals surface area (Å²) in [7, 11) is 0. The van der Waals surface area contributed by atoms with Crippen LogP contribution in [-0.4, -0.2) is 17.1 Å². The maximum atomic E-state index is 12.0. The van der Waals surface area contributed by atoms with Gasteiger partial charge in [-0.25, -0.2) is 0 Å². The fourth-order valence-corrected chi connectivity index (χ4v) is 1.73. The zero-order valence-electron chi connectivity index (χ0n) is 10.5. The second-order valence-electron chi connectivity index (χ2n) is 4.48. The first kappa shape index (κ1) is 13.4. The number of phenolic OH excluding ortho intramolecular Hbond substituents is 1. The molecule has 0 spiro atoms. The number of aromatic hydroxyl groups is 1. The lowest BCUT2D eigenvalue weighted by molar-refractivity contribution is 0.0922. The average molecular weight is 236 g/mol. The number of para-hydroxylation sites is 1. The Balaban J connectivity index is 2.86. The first-order chi connectivity index (χ1) is 7.97. The maximum absolute atomic E-state index is 12.0. The minimum absolute atomic E-state index is 0.100. The highest BCUT2D eigenvalue weighted by molar-refractivity contribution is 5.98. The first-order valence-electron chi connectivity index (χ1n) is 5.85. The van der Waals surface area contributed by atoms with Crippen molar-refractivity contribution in [1.82, 2.24) is 5.32 Å². The van der Waals surface area contributed by atoms with E-state index in [9.17, 15) is 9.90 Å². The summed E-state index contributed by atoms with van der Waals surface area (Å²) in [5.41, 5.74) is 6.00. The van der Waals surface area contributed by atoms with Crippen LogP contribution in [0.1, 0.15) is 37.6 Å². The molecule has 94 valence electrons. The SMILES string of the molecule is CCC(NC(=O)c1cccc(N)c1O)C(C)C. The number of benzene rings is 1. The molecule has 1 aromatic carbocycles. The zero-order chi connectivity index (χ0) is 13.0. The molecule has 1 rings (SSSR count).